The number of esters is 1. The van der Waals surface area contributed by atoms with Gasteiger partial charge < -0.3 is 4.74 Å². The van der Waals surface area contributed by atoms with E-state index in [1.807, 2.05) is 37.3 Å². The SMILES string of the molecule is COC(=O)C1C(C)=NC2=C(C(=O)C[C@H](c3ccccc3)C2)[C@H]1c1cccnc1. The van der Waals surface area contributed by atoms with Crippen molar-refractivity contribution in [1.82, 2.24) is 4.98 Å². The van der Waals surface area contributed by atoms with Crippen molar-refractivity contribution in [2.45, 2.75) is 31.6 Å². The zero-order valence-electron chi connectivity index (χ0n) is 16.0. The Labute approximate surface area is 164 Å². The van der Waals surface area contributed by atoms with Crippen molar-refractivity contribution in [1.29, 1.82) is 0 Å². The van der Waals surface area contributed by atoms with Crippen LogP contribution in [0.4, 0.5) is 0 Å². The van der Waals surface area contributed by atoms with Crippen LogP contribution >= 0.6 is 0 Å². The van der Waals surface area contributed by atoms with E-state index in [4.69, 9.17) is 9.73 Å². The molecule has 1 unspecified atom stereocenters. The summed E-state index contributed by atoms with van der Waals surface area (Å²) < 4.78 is 5.04. The first-order chi connectivity index (χ1) is 13.6. The molecule has 2 aliphatic rings. The van der Waals surface area contributed by atoms with Crippen LogP contribution in [-0.4, -0.2) is 29.6 Å². The van der Waals surface area contributed by atoms with Crippen molar-refractivity contribution < 1.29 is 14.3 Å². The first-order valence-electron chi connectivity index (χ1n) is 9.44. The van der Waals surface area contributed by atoms with Gasteiger partial charge in [-0.15, -0.1) is 0 Å². The van der Waals surface area contributed by atoms with E-state index in [1.54, 1.807) is 12.4 Å². The Morgan fingerprint density at radius 2 is 1.82 bits per heavy atom. The summed E-state index contributed by atoms with van der Waals surface area (Å²) in [5.74, 6) is -1.23. The second-order valence-corrected chi connectivity index (χ2v) is 7.32. The Bertz CT molecular complexity index is 964. The molecule has 0 N–H and O–H groups in total. The maximum absolute atomic E-state index is 13.3. The van der Waals surface area contributed by atoms with Crippen LogP contribution in [0.3, 0.4) is 0 Å². The van der Waals surface area contributed by atoms with E-state index < -0.39 is 11.8 Å². The second-order valence-electron chi connectivity index (χ2n) is 7.32. The number of allylic oxidation sites excluding steroid dienone is 2. The fraction of sp³-hybridized carbons (Fsp3) is 0.304. The van der Waals surface area contributed by atoms with Crippen LogP contribution in [0.5, 0.6) is 0 Å². The summed E-state index contributed by atoms with van der Waals surface area (Å²) in [4.78, 5) is 34.7. The first kappa shape index (κ1) is 18.3. The lowest BCUT2D eigenvalue weighted by atomic mass is 9.69. The molecule has 0 fully saturated rings. The maximum atomic E-state index is 13.3. The van der Waals surface area contributed by atoms with Crippen LogP contribution in [0.2, 0.25) is 0 Å². The largest absolute Gasteiger partial charge is 0.468 e. The molecule has 142 valence electrons. The van der Waals surface area contributed by atoms with Gasteiger partial charge in [0.15, 0.2) is 5.78 Å². The number of pyridine rings is 1. The van der Waals surface area contributed by atoms with Gasteiger partial charge in [0.25, 0.3) is 0 Å². The predicted molar refractivity (Wildman–Crippen MR) is 106 cm³/mol. The van der Waals surface area contributed by atoms with E-state index in [2.05, 4.69) is 17.1 Å². The monoisotopic (exact) mass is 374 g/mol. The molecule has 2 heterocycles. The Morgan fingerprint density at radius 3 is 2.50 bits per heavy atom. The molecule has 0 bridgehead atoms. The zero-order valence-corrected chi connectivity index (χ0v) is 16.0. The smallest absolute Gasteiger partial charge is 0.315 e. The Balaban J connectivity index is 1.81. The minimum atomic E-state index is -0.606. The molecule has 4 rings (SSSR count). The van der Waals surface area contributed by atoms with E-state index in [1.165, 1.54) is 7.11 Å². The third-order valence-corrected chi connectivity index (χ3v) is 5.66. The Morgan fingerprint density at radius 1 is 1.07 bits per heavy atom. The number of hydrogen-bond donors (Lipinski definition) is 0. The number of carbonyl (C=O) groups is 2. The van der Waals surface area contributed by atoms with Gasteiger partial charge in [0.1, 0.15) is 5.92 Å². The van der Waals surface area contributed by atoms with Gasteiger partial charge >= 0.3 is 5.97 Å². The molecule has 0 radical (unpaired) electrons. The number of benzene rings is 1. The summed E-state index contributed by atoms with van der Waals surface area (Å²) in [5, 5.41) is 0. The van der Waals surface area contributed by atoms with Gasteiger partial charge in [-0.2, -0.15) is 0 Å². The highest BCUT2D eigenvalue weighted by Gasteiger charge is 2.44. The zero-order chi connectivity index (χ0) is 19.7. The summed E-state index contributed by atoms with van der Waals surface area (Å²) in [6.07, 6.45) is 4.51. The maximum Gasteiger partial charge on any atom is 0.315 e. The summed E-state index contributed by atoms with van der Waals surface area (Å²) in [6, 6.07) is 13.8. The highest BCUT2D eigenvalue weighted by atomic mass is 16.5. The van der Waals surface area contributed by atoms with Gasteiger partial charge in [-0.05, 0) is 36.5 Å². The van der Waals surface area contributed by atoms with Gasteiger partial charge in [-0.25, -0.2) is 0 Å². The summed E-state index contributed by atoms with van der Waals surface area (Å²) in [6.45, 7) is 1.84. The number of ether oxygens (including phenoxy) is 1. The molecule has 1 aliphatic heterocycles. The standard InChI is InChI=1S/C23H22N2O3/c1-14-20(23(27)28-2)21(16-9-6-10-24-13-16)22-18(25-14)11-17(12-19(22)26)15-7-4-3-5-8-15/h3-10,13,17,20-21H,11-12H2,1-2H3/t17-,20?,21+/m1/s1. The lowest BCUT2D eigenvalue weighted by Gasteiger charge is -2.36. The van der Waals surface area contributed by atoms with Gasteiger partial charge in [-0.1, -0.05) is 36.4 Å². The van der Waals surface area contributed by atoms with E-state index >= 15 is 0 Å². The lowest BCUT2D eigenvalue weighted by molar-refractivity contribution is -0.143. The molecular weight excluding hydrogens is 352 g/mol. The topological polar surface area (TPSA) is 68.6 Å². The molecule has 5 nitrogen and oxygen atoms in total. The average molecular weight is 374 g/mol. The van der Waals surface area contributed by atoms with Crippen LogP contribution in [-0.2, 0) is 14.3 Å². The third kappa shape index (κ3) is 3.17. The van der Waals surface area contributed by atoms with E-state index in [0.29, 0.717) is 24.1 Å². The molecule has 0 saturated heterocycles. The number of rotatable bonds is 3. The van der Waals surface area contributed by atoms with E-state index in [0.717, 1.165) is 16.8 Å². The van der Waals surface area contributed by atoms with Crippen LogP contribution in [0, 0.1) is 5.92 Å². The number of methoxy groups -OCH3 is 1. The summed E-state index contributed by atoms with van der Waals surface area (Å²) in [7, 11) is 1.37. The van der Waals surface area contributed by atoms with Gasteiger partial charge in [0, 0.05) is 41.7 Å². The van der Waals surface area contributed by atoms with Crippen molar-refractivity contribution in [2.75, 3.05) is 7.11 Å². The molecule has 2 aromatic rings. The Kier molecular flexibility index (Phi) is 4.90. The highest BCUT2D eigenvalue weighted by Crippen LogP contribution is 2.46. The number of aromatic nitrogens is 1. The van der Waals surface area contributed by atoms with Crippen molar-refractivity contribution in [3.05, 3.63) is 77.3 Å². The quantitative estimate of drug-likeness (QED) is 0.766. The van der Waals surface area contributed by atoms with Crippen molar-refractivity contribution >= 4 is 17.5 Å². The number of ketones is 1. The molecule has 1 aliphatic carbocycles. The minimum Gasteiger partial charge on any atom is -0.468 e. The van der Waals surface area contributed by atoms with E-state index in [-0.39, 0.29) is 17.7 Å². The molecule has 5 heteroatoms. The van der Waals surface area contributed by atoms with Gasteiger partial charge in [0.05, 0.1) is 7.11 Å². The van der Waals surface area contributed by atoms with E-state index in [9.17, 15) is 9.59 Å². The minimum absolute atomic E-state index is 0.0501. The number of aliphatic imine (C=N–C) groups is 1. The molecule has 0 spiro atoms. The molecule has 0 amide bonds. The molecule has 3 atom stereocenters. The number of hydrogen-bond acceptors (Lipinski definition) is 5. The fourth-order valence-corrected chi connectivity index (χ4v) is 4.37. The second kappa shape index (κ2) is 7.50. The predicted octanol–water partition coefficient (Wildman–Crippen LogP) is 3.83. The van der Waals surface area contributed by atoms with Gasteiger partial charge in [-0.3, -0.25) is 19.6 Å². The van der Waals surface area contributed by atoms with Crippen molar-refractivity contribution in [2.24, 2.45) is 10.9 Å². The normalized spacial score (nSPS) is 24.4. The van der Waals surface area contributed by atoms with Crippen LogP contribution in [0.15, 0.2) is 71.1 Å². The van der Waals surface area contributed by atoms with Gasteiger partial charge in [0.2, 0.25) is 0 Å². The van der Waals surface area contributed by atoms with Crippen molar-refractivity contribution in [3.63, 3.8) is 0 Å². The third-order valence-electron chi connectivity index (χ3n) is 5.66. The molecule has 28 heavy (non-hydrogen) atoms. The number of nitrogens with zero attached hydrogens (tertiary/aromatic N) is 2. The summed E-state index contributed by atoms with van der Waals surface area (Å²) in [5.41, 5.74) is 4.09. The fourth-order valence-electron chi connectivity index (χ4n) is 4.37. The molecular formula is C23H22N2O3. The average Bonchev–Trinajstić information content (AvgIpc) is 2.73. The highest BCUT2D eigenvalue weighted by molar-refractivity contribution is 6.09. The lowest BCUT2D eigenvalue weighted by Crippen LogP contribution is -2.37. The number of Topliss-reactive ketones (excluding diaryl/α,β-unsaturated/α-hetero) is 1. The number of carbonyl (C=O) groups excluding carboxylic acids is 2. The van der Waals surface area contributed by atoms with Crippen LogP contribution in [0.25, 0.3) is 0 Å². The van der Waals surface area contributed by atoms with Crippen LogP contribution in [0.1, 0.15) is 42.7 Å². The molecule has 1 aromatic heterocycles. The first-order valence-corrected chi connectivity index (χ1v) is 9.44. The summed E-state index contributed by atoms with van der Waals surface area (Å²) >= 11 is 0. The van der Waals surface area contributed by atoms with Crippen molar-refractivity contribution in [3.8, 4) is 0 Å². The molecule has 1 aromatic carbocycles. The molecule has 0 saturated carbocycles. The van der Waals surface area contributed by atoms with Crippen LogP contribution < -0.4 is 0 Å². The Hall–Kier alpha value is -3.08.